The van der Waals surface area contributed by atoms with Crippen LogP contribution in [0.3, 0.4) is 0 Å². The van der Waals surface area contributed by atoms with Crippen LogP contribution in [0.15, 0.2) is 24.3 Å². The van der Waals surface area contributed by atoms with E-state index < -0.39 is 0 Å². The van der Waals surface area contributed by atoms with Gasteiger partial charge in [0, 0.05) is 56.2 Å². The average Bonchev–Trinajstić information content (AvgIpc) is 3.18. The second kappa shape index (κ2) is 8.28. The number of hydrogen-bond acceptors (Lipinski definition) is 4. The van der Waals surface area contributed by atoms with Crippen LogP contribution in [-0.2, 0) is 20.7 Å². The molecule has 2 fully saturated rings. The van der Waals surface area contributed by atoms with E-state index in [-0.39, 0.29) is 42.2 Å². The molecule has 3 aliphatic heterocycles. The molecule has 0 N–H and O–H groups in total. The van der Waals surface area contributed by atoms with E-state index in [0.29, 0.717) is 32.8 Å². The third kappa shape index (κ3) is 4.30. The van der Waals surface area contributed by atoms with Crippen LogP contribution in [0.4, 0.5) is 10.5 Å². The molecule has 2 saturated heterocycles. The fourth-order valence-corrected chi connectivity index (χ4v) is 4.72. The highest BCUT2D eigenvalue weighted by molar-refractivity contribution is 5.97. The molecule has 1 aromatic carbocycles. The second-order valence-electron chi connectivity index (χ2n) is 9.38. The lowest BCUT2D eigenvalue weighted by molar-refractivity contribution is -0.134. The van der Waals surface area contributed by atoms with Crippen molar-refractivity contribution in [3.05, 3.63) is 29.8 Å². The topological polar surface area (TPSA) is 70.2 Å². The number of hydrogen-bond donors (Lipinski definition) is 0. The molecule has 4 rings (SSSR count). The van der Waals surface area contributed by atoms with Gasteiger partial charge in [-0.25, -0.2) is 4.79 Å². The maximum atomic E-state index is 12.7. The Hall–Kier alpha value is -2.57. The Morgan fingerprint density at radius 3 is 2.53 bits per heavy atom. The third-order valence-electron chi connectivity index (χ3n) is 6.42. The van der Waals surface area contributed by atoms with Crippen molar-refractivity contribution < 1.29 is 19.1 Å². The van der Waals surface area contributed by atoms with Gasteiger partial charge in [0.2, 0.25) is 11.8 Å². The van der Waals surface area contributed by atoms with Crippen LogP contribution < -0.4 is 4.90 Å². The smallest absolute Gasteiger partial charge is 0.410 e. The van der Waals surface area contributed by atoms with Crippen LogP contribution in [0.25, 0.3) is 0 Å². The zero-order valence-electron chi connectivity index (χ0n) is 17.9. The van der Waals surface area contributed by atoms with E-state index in [9.17, 15) is 14.4 Å². The standard InChI is InChI=1S/C23H31N3O4/c1-23(2)15-26(22(29)30-16-23)18-10-12-24(13-11-18)20(27)7-8-21(28)25-14-9-17-5-3-4-6-19(17)25/h3-6,18H,7-16H2,1-2H3. The molecule has 0 radical (unpaired) electrons. The number of anilines is 1. The fraction of sp³-hybridized carbons (Fsp3) is 0.609. The molecule has 7 heteroatoms. The van der Waals surface area contributed by atoms with Crippen molar-refractivity contribution in [2.45, 2.75) is 52.0 Å². The SMILES string of the molecule is CC1(C)COC(=O)N(C2CCN(C(=O)CCC(=O)N3CCc4ccccc43)CC2)C1. The third-order valence-corrected chi connectivity index (χ3v) is 6.42. The summed E-state index contributed by atoms with van der Waals surface area (Å²) >= 11 is 0. The highest BCUT2D eigenvalue weighted by Gasteiger charge is 2.38. The Bertz CT molecular complexity index is 829. The fourth-order valence-electron chi connectivity index (χ4n) is 4.72. The van der Waals surface area contributed by atoms with Crippen molar-refractivity contribution >= 4 is 23.6 Å². The first-order valence-electron chi connectivity index (χ1n) is 10.9. The summed E-state index contributed by atoms with van der Waals surface area (Å²) in [6.45, 7) is 7.27. The number of fused-ring (bicyclic) bond motifs is 1. The number of ether oxygens (including phenoxy) is 1. The number of benzene rings is 1. The summed E-state index contributed by atoms with van der Waals surface area (Å²) in [5, 5.41) is 0. The van der Waals surface area contributed by atoms with Crippen LogP contribution in [-0.4, -0.2) is 66.5 Å². The minimum atomic E-state index is -0.240. The number of rotatable bonds is 4. The Labute approximate surface area is 177 Å². The van der Waals surface area contributed by atoms with Gasteiger partial charge in [0.1, 0.15) is 0 Å². The largest absolute Gasteiger partial charge is 0.449 e. The predicted octanol–water partition coefficient (Wildman–Crippen LogP) is 2.83. The summed E-state index contributed by atoms with van der Waals surface area (Å²) in [6.07, 6.45) is 2.62. The number of carbonyl (C=O) groups excluding carboxylic acids is 3. The lowest BCUT2D eigenvalue weighted by Gasteiger charge is -2.44. The lowest BCUT2D eigenvalue weighted by atomic mass is 9.91. The van der Waals surface area contributed by atoms with E-state index in [1.807, 2.05) is 28.0 Å². The van der Waals surface area contributed by atoms with Gasteiger partial charge in [-0.1, -0.05) is 32.0 Å². The van der Waals surface area contributed by atoms with Gasteiger partial charge in [-0.2, -0.15) is 0 Å². The van der Waals surface area contributed by atoms with E-state index in [4.69, 9.17) is 4.74 Å². The zero-order chi connectivity index (χ0) is 21.3. The van der Waals surface area contributed by atoms with Gasteiger partial charge in [-0.05, 0) is 30.9 Å². The molecular formula is C23H31N3O4. The van der Waals surface area contributed by atoms with Crippen molar-refractivity contribution in [1.29, 1.82) is 0 Å². The number of para-hydroxylation sites is 1. The molecule has 0 bridgehead atoms. The Morgan fingerprint density at radius 1 is 1.07 bits per heavy atom. The highest BCUT2D eigenvalue weighted by atomic mass is 16.6. The summed E-state index contributed by atoms with van der Waals surface area (Å²) in [6, 6.07) is 8.07. The molecular weight excluding hydrogens is 382 g/mol. The molecule has 0 unspecified atom stereocenters. The molecule has 0 atom stereocenters. The number of piperidine rings is 1. The molecule has 0 aliphatic carbocycles. The van der Waals surface area contributed by atoms with Gasteiger partial charge >= 0.3 is 6.09 Å². The molecule has 7 nitrogen and oxygen atoms in total. The maximum Gasteiger partial charge on any atom is 0.410 e. The number of cyclic esters (lactones) is 1. The monoisotopic (exact) mass is 413 g/mol. The molecule has 3 aliphatic rings. The van der Waals surface area contributed by atoms with Crippen molar-refractivity contribution in [2.24, 2.45) is 5.41 Å². The highest BCUT2D eigenvalue weighted by Crippen LogP contribution is 2.29. The Balaban J connectivity index is 1.25. The number of carbonyl (C=O) groups is 3. The first-order chi connectivity index (χ1) is 14.3. The van der Waals surface area contributed by atoms with Crippen LogP contribution in [0.1, 0.15) is 45.1 Å². The van der Waals surface area contributed by atoms with Crippen LogP contribution in [0, 0.1) is 5.41 Å². The Kier molecular flexibility index (Phi) is 5.71. The molecule has 1 aromatic rings. The predicted molar refractivity (Wildman–Crippen MR) is 113 cm³/mol. The maximum absolute atomic E-state index is 12.7. The first kappa shape index (κ1) is 20.7. The number of likely N-dealkylation sites (tertiary alicyclic amines) is 1. The molecule has 0 aromatic heterocycles. The molecule has 0 saturated carbocycles. The van der Waals surface area contributed by atoms with Gasteiger partial charge < -0.3 is 19.4 Å². The summed E-state index contributed by atoms with van der Waals surface area (Å²) in [5.74, 6) is 0.0392. The van der Waals surface area contributed by atoms with Gasteiger partial charge in [0.05, 0.1) is 6.61 Å². The van der Waals surface area contributed by atoms with Gasteiger partial charge in [-0.15, -0.1) is 0 Å². The zero-order valence-corrected chi connectivity index (χ0v) is 17.9. The quantitative estimate of drug-likeness (QED) is 0.761. The van der Waals surface area contributed by atoms with E-state index in [1.165, 1.54) is 5.56 Å². The van der Waals surface area contributed by atoms with E-state index in [1.54, 1.807) is 4.90 Å². The molecule has 0 spiro atoms. The minimum absolute atomic E-state index is 0.0153. The van der Waals surface area contributed by atoms with Crippen LogP contribution >= 0.6 is 0 Å². The molecule has 162 valence electrons. The first-order valence-corrected chi connectivity index (χ1v) is 10.9. The van der Waals surface area contributed by atoms with Crippen molar-refractivity contribution in [2.75, 3.05) is 37.7 Å². The summed E-state index contributed by atoms with van der Waals surface area (Å²) in [5.41, 5.74) is 2.13. The van der Waals surface area contributed by atoms with Crippen LogP contribution in [0.5, 0.6) is 0 Å². The Morgan fingerprint density at radius 2 is 1.77 bits per heavy atom. The average molecular weight is 414 g/mol. The number of amides is 3. The van der Waals surface area contributed by atoms with E-state index in [0.717, 1.165) is 24.9 Å². The van der Waals surface area contributed by atoms with E-state index in [2.05, 4.69) is 19.9 Å². The van der Waals surface area contributed by atoms with Gasteiger partial charge in [0.15, 0.2) is 0 Å². The summed E-state index contributed by atoms with van der Waals surface area (Å²) < 4.78 is 5.34. The minimum Gasteiger partial charge on any atom is -0.449 e. The van der Waals surface area contributed by atoms with Gasteiger partial charge in [-0.3, -0.25) is 9.59 Å². The normalized spacial score (nSPS) is 21.4. The van der Waals surface area contributed by atoms with Crippen molar-refractivity contribution in [1.82, 2.24) is 9.80 Å². The van der Waals surface area contributed by atoms with Crippen molar-refractivity contribution in [3.63, 3.8) is 0 Å². The molecule has 3 heterocycles. The number of nitrogens with zero attached hydrogens (tertiary/aromatic N) is 3. The van der Waals surface area contributed by atoms with Crippen LogP contribution in [0.2, 0.25) is 0 Å². The second-order valence-corrected chi connectivity index (χ2v) is 9.38. The molecule has 3 amide bonds. The summed E-state index contributed by atoms with van der Waals surface area (Å²) in [7, 11) is 0. The summed E-state index contributed by atoms with van der Waals surface area (Å²) in [4.78, 5) is 43.0. The molecule has 30 heavy (non-hydrogen) atoms. The lowest BCUT2D eigenvalue weighted by Crippen LogP contribution is -2.55. The van der Waals surface area contributed by atoms with E-state index >= 15 is 0 Å². The van der Waals surface area contributed by atoms with Gasteiger partial charge in [0.25, 0.3) is 0 Å². The van der Waals surface area contributed by atoms with Crippen molar-refractivity contribution in [3.8, 4) is 0 Å².